The average molecular weight is 300 g/mol. The monoisotopic (exact) mass is 299 g/mol. The number of rotatable bonds is 4. The van der Waals surface area contributed by atoms with Crippen molar-refractivity contribution in [3.05, 3.63) is 46.9 Å². The minimum absolute atomic E-state index is 0.0988. The zero-order valence-corrected chi connectivity index (χ0v) is 11.9. The van der Waals surface area contributed by atoms with Crippen LogP contribution in [0.4, 0.5) is 0 Å². The van der Waals surface area contributed by atoms with Gasteiger partial charge in [0, 0.05) is 24.2 Å². The smallest absolute Gasteiger partial charge is 0.257 e. The molecule has 0 spiro atoms. The van der Waals surface area contributed by atoms with Crippen LogP contribution in [-0.2, 0) is 23.0 Å². The van der Waals surface area contributed by atoms with Gasteiger partial charge in [-0.05, 0) is 17.7 Å². The van der Waals surface area contributed by atoms with Crippen LogP contribution in [-0.4, -0.2) is 18.0 Å². The van der Waals surface area contributed by atoms with Crippen LogP contribution in [0.25, 0.3) is 0 Å². The first-order valence-corrected chi connectivity index (χ1v) is 7.66. The first-order chi connectivity index (χ1) is 8.90. The molecule has 19 heavy (non-hydrogen) atoms. The van der Waals surface area contributed by atoms with Crippen LogP contribution < -0.4 is 5.14 Å². The minimum Gasteiger partial charge on any atom is -0.329 e. The second kappa shape index (κ2) is 5.32. The summed E-state index contributed by atoms with van der Waals surface area (Å²) in [5, 5.41) is 5.65. The lowest BCUT2D eigenvalue weighted by Crippen LogP contribution is -2.12. The molecule has 0 unspecified atom stereocenters. The SMILES string of the molecule is CCc1nc(S(N)(=O)=O)cn1Cc1ccc(Cl)cc1. The number of primary sulfonamides is 1. The Bertz CT molecular complexity index is 678. The lowest BCUT2D eigenvalue weighted by molar-refractivity contribution is 0.594. The Morgan fingerprint density at radius 2 is 1.95 bits per heavy atom. The normalized spacial score (nSPS) is 11.7. The molecular weight excluding hydrogens is 286 g/mol. The molecule has 2 aromatic rings. The molecule has 2 rings (SSSR count). The molecular formula is C12H14ClN3O2S. The van der Waals surface area contributed by atoms with E-state index < -0.39 is 10.0 Å². The largest absolute Gasteiger partial charge is 0.329 e. The predicted molar refractivity (Wildman–Crippen MR) is 73.5 cm³/mol. The molecule has 0 saturated carbocycles. The Hall–Kier alpha value is -1.37. The van der Waals surface area contributed by atoms with Gasteiger partial charge in [-0.25, -0.2) is 18.5 Å². The Morgan fingerprint density at radius 1 is 1.32 bits per heavy atom. The third kappa shape index (κ3) is 3.34. The van der Waals surface area contributed by atoms with Crippen LogP contribution >= 0.6 is 11.6 Å². The van der Waals surface area contributed by atoms with Gasteiger partial charge in [0.1, 0.15) is 5.82 Å². The molecule has 0 radical (unpaired) electrons. The van der Waals surface area contributed by atoms with Crippen LogP contribution in [0.1, 0.15) is 18.3 Å². The first-order valence-electron chi connectivity index (χ1n) is 5.73. The molecule has 2 N–H and O–H groups in total. The summed E-state index contributed by atoms with van der Waals surface area (Å²) in [4.78, 5) is 4.04. The minimum atomic E-state index is -3.77. The molecule has 5 nitrogen and oxygen atoms in total. The highest BCUT2D eigenvalue weighted by Gasteiger charge is 2.15. The van der Waals surface area contributed by atoms with E-state index in [0.717, 1.165) is 5.56 Å². The molecule has 0 fully saturated rings. The van der Waals surface area contributed by atoms with Crippen molar-refractivity contribution >= 4 is 21.6 Å². The summed E-state index contributed by atoms with van der Waals surface area (Å²) in [6.07, 6.45) is 2.09. The number of aryl methyl sites for hydroxylation is 1. The van der Waals surface area contributed by atoms with E-state index in [0.29, 0.717) is 23.8 Å². The Kier molecular flexibility index (Phi) is 3.93. The molecule has 1 aromatic heterocycles. The van der Waals surface area contributed by atoms with Gasteiger partial charge >= 0.3 is 0 Å². The second-order valence-electron chi connectivity index (χ2n) is 4.15. The van der Waals surface area contributed by atoms with Crippen LogP contribution in [0.15, 0.2) is 35.5 Å². The molecule has 0 atom stereocenters. The average Bonchev–Trinajstić information content (AvgIpc) is 2.75. The quantitative estimate of drug-likeness (QED) is 0.935. The summed E-state index contributed by atoms with van der Waals surface area (Å²) in [7, 11) is -3.77. The number of nitrogens with two attached hydrogens (primary N) is 1. The number of hydrogen-bond donors (Lipinski definition) is 1. The van der Waals surface area contributed by atoms with Crippen molar-refractivity contribution < 1.29 is 8.42 Å². The predicted octanol–water partition coefficient (Wildman–Crippen LogP) is 1.79. The fraction of sp³-hybridized carbons (Fsp3) is 0.250. The standard InChI is InChI=1S/C12H14ClN3O2S/c1-2-11-15-12(19(14,17)18)8-16(11)7-9-3-5-10(13)6-4-9/h3-6,8H,2,7H2,1H3,(H2,14,17,18). The van der Waals surface area contributed by atoms with Crippen LogP contribution in [0.2, 0.25) is 5.02 Å². The van der Waals surface area contributed by atoms with Crippen molar-refractivity contribution in [3.63, 3.8) is 0 Å². The maximum atomic E-state index is 11.3. The van der Waals surface area contributed by atoms with E-state index in [4.69, 9.17) is 16.7 Å². The van der Waals surface area contributed by atoms with Gasteiger partial charge in [0.15, 0.2) is 5.03 Å². The molecule has 102 valence electrons. The van der Waals surface area contributed by atoms with E-state index in [2.05, 4.69) is 4.98 Å². The fourth-order valence-electron chi connectivity index (χ4n) is 1.77. The fourth-order valence-corrected chi connectivity index (χ4v) is 2.40. The van der Waals surface area contributed by atoms with Gasteiger partial charge in [-0.3, -0.25) is 0 Å². The highest BCUT2D eigenvalue weighted by atomic mass is 35.5. The Balaban J connectivity index is 2.34. The molecule has 0 aliphatic rings. The summed E-state index contributed by atoms with van der Waals surface area (Å²) >= 11 is 5.82. The number of nitrogens with zero attached hydrogens (tertiary/aromatic N) is 2. The molecule has 0 bridgehead atoms. The maximum Gasteiger partial charge on any atom is 0.257 e. The lowest BCUT2D eigenvalue weighted by atomic mass is 10.2. The first kappa shape index (κ1) is 14.0. The number of aromatic nitrogens is 2. The van der Waals surface area contributed by atoms with Gasteiger partial charge in [-0.2, -0.15) is 0 Å². The van der Waals surface area contributed by atoms with Crippen molar-refractivity contribution in [1.82, 2.24) is 9.55 Å². The van der Waals surface area contributed by atoms with Crippen molar-refractivity contribution in [2.45, 2.75) is 24.9 Å². The molecule has 0 aliphatic carbocycles. The number of benzene rings is 1. The topological polar surface area (TPSA) is 78.0 Å². The van der Waals surface area contributed by atoms with Crippen molar-refractivity contribution in [2.75, 3.05) is 0 Å². The van der Waals surface area contributed by atoms with E-state index >= 15 is 0 Å². The van der Waals surface area contributed by atoms with E-state index in [1.165, 1.54) is 6.20 Å². The Labute approximate surface area is 117 Å². The summed E-state index contributed by atoms with van der Waals surface area (Å²) in [6.45, 7) is 2.44. The van der Waals surface area contributed by atoms with E-state index in [9.17, 15) is 8.42 Å². The van der Waals surface area contributed by atoms with Gasteiger partial charge in [-0.1, -0.05) is 30.7 Å². The van der Waals surface area contributed by atoms with E-state index in [1.807, 2.05) is 19.1 Å². The Morgan fingerprint density at radius 3 is 2.47 bits per heavy atom. The van der Waals surface area contributed by atoms with Gasteiger partial charge < -0.3 is 4.57 Å². The molecule has 0 aliphatic heterocycles. The van der Waals surface area contributed by atoms with Crippen molar-refractivity contribution in [2.24, 2.45) is 5.14 Å². The molecule has 0 saturated heterocycles. The molecule has 1 aromatic carbocycles. The highest BCUT2D eigenvalue weighted by molar-refractivity contribution is 7.89. The molecule has 0 amide bonds. The molecule has 7 heteroatoms. The third-order valence-corrected chi connectivity index (χ3v) is 3.74. The number of halogens is 1. The number of sulfonamides is 1. The van der Waals surface area contributed by atoms with Crippen molar-refractivity contribution in [3.8, 4) is 0 Å². The van der Waals surface area contributed by atoms with E-state index in [-0.39, 0.29) is 5.03 Å². The zero-order chi connectivity index (χ0) is 14.0. The van der Waals surface area contributed by atoms with Gasteiger partial charge in [0.25, 0.3) is 10.0 Å². The zero-order valence-electron chi connectivity index (χ0n) is 10.4. The van der Waals surface area contributed by atoms with Crippen LogP contribution in [0.3, 0.4) is 0 Å². The second-order valence-corrected chi connectivity index (χ2v) is 6.09. The maximum absolute atomic E-state index is 11.3. The lowest BCUT2D eigenvalue weighted by Gasteiger charge is -2.06. The number of hydrogen-bond acceptors (Lipinski definition) is 3. The van der Waals surface area contributed by atoms with Crippen LogP contribution in [0.5, 0.6) is 0 Å². The summed E-state index contributed by atoms with van der Waals surface area (Å²) in [6, 6.07) is 7.36. The highest BCUT2D eigenvalue weighted by Crippen LogP contribution is 2.14. The summed E-state index contributed by atoms with van der Waals surface area (Å²) in [5.74, 6) is 0.680. The van der Waals surface area contributed by atoms with E-state index in [1.54, 1.807) is 16.7 Å². The summed E-state index contributed by atoms with van der Waals surface area (Å²) < 4.78 is 24.4. The third-order valence-electron chi connectivity index (χ3n) is 2.71. The van der Waals surface area contributed by atoms with Gasteiger partial charge in [0.05, 0.1) is 0 Å². The van der Waals surface area contributed by atoms with Gasteiger partial charge in [-0.15, -0.1) is 0 Å². The molecule has 1 heterocycles. The van der Waals surface area contributed by atoms with Gasteiger partial charge in [0.2, 0.25) is 0 Å². The summed E-state index contributed by atoms with van der Waals surface area (Å²) in [5.41, 5.74) is 1.01. The van der Waals surface area contributed by atoms with Crippen molar-refractivity contribution in [1.29, 1.82) is 0 Å². The number of imidazole rings is 1. The van der Waals surface area contributed by atoms with Crippen LogP contribution in [0, 0.1) is 0 Å².